The van der Waals surface area contributed by atoms with Gasteiger partial charge in [0, 0.05) is 23.8 Å². The topological polar surface area (TPSA) is 64.3 Å². The first-order chi connectivity index (χ1) is 12.2. The van der Waals surface area contributed by atoms with Crippen LogP contribution in [-0.4, -0.2) is 34.6 Å². The van der Waals surface area contributed by atoms with Crippen molar-refractivity contribution in [1.82, 2.24) is 4.90 Å². The summed E-state index contributed by atoms with van der Waals surface area (Å²) >= 11 is 0. The number of amides is 1. The monoisotopic (exact) mass is 336 g/mol. The molecule has 4 heteroatoms. The number of nitrogens with zero attached hydrogens (tertiary/aromatic N) is 2. The molecule has 3 atom stereocenters. The normalized spacial score (nSPS) is 25.2. The SMILES string of the molecule is CCCC#Cc1ccc([C@@H]2[C@@H](C#N)N(C(=O)C3CCC3)[C@@H]2CO)cc1. The van der Waals surface area contributed by atoms with E-state index in [1.54, 1.807) is 4.90 Å². The van der Waals surface area contributed by atoms with Gasteiger partial charge in [0.2, 0.25) is 5.91 Å². The van der Waals surface area contributed by atoms with Crippen molar-refractivity contribution < 1.29 is 9.90 Å². The Labute approximate surface area is 149 Å². The molecule has 3 rings (SSSR count). The molecular formula is C21H24N2O2. The third kappa shape index (κ3) is 3.28. The number of aliphatic hydroxyl groups is 1. The van der Waals surface area contributed by atoms with E-state index in [1.807, 2.05) is 24.3 Å². The van der Waals surface area contributed by atoms with E-state index in [2.05, 4.69) is 24.8 Å². The number of benzene rings is 1. The smallest absolute Gasteiger partial charge is 0.227 e. The van der Waals surface area contributed by atoms with Crippen LogP contribution in [0.5, 0.6) is 0 Å². The van der Waals surface area contributed by atoms with Gasteiger partial charge in [0.1, 0.15) is 6.04 Å². The van der Waals surface area contributed by atoms with Crippen molar-refractivity contribution in [3.63, 3.8) is 0 Å². The molecule has 1 aromatic rings. The van der Waals surface area contributed by atoms with E-state index in [0.29, 0.717) is 0 Å². The van der Waals surface area contributed by atoms with Gasteiger partial charge in [-0.15, -0.1) is 0 Å². The van der Waals surface area contributed by atoms with E-state index in [1.165, 1.54) is 0 Å². The summed E-state index contributed by atoms with van der Waals surface area (Å²) in [6, 6.07) is 9.34. The number of hydrogen-bond acceptors (Lipinski definition) is 3. The predicted molar refractivity (Wildman–Crippen MR) is 95.4 cm³/mol. The summed E-state index contributed by atoms with van der Waals surface area (Å²) in [5, 5.41) is 19.4. The van der Waals surface area contributed by atoms with Crippen LogP contribution in [-0.2, 0) is 4.79 Å². The van der Waals surface area contributed by atoms with Crippen LogP contribution in [0, 0.1) is 29.1 Å². The first-order valence-electron chi connectivity index (χ1n) is 9.12. The molecule has 1 saturated heterocycles. The molecular weight excluding hydrogens is 312 g/mol. The van der Waals surface area contributed by atoms with Crippen molar-refractivity contribution in [3.05, 3.63) is 35.4 Å². The number of aliphatic hydroxyl groups excluding tert-OH is 1. The fraction of sp³-hybridized carbons (Fsp3) is 0.524. The van der Waals surface area contributed by atoms with Gasteiger partial charge in [-0.3, -0.25) is 4.79 Å². The molecule has 0 unspecified atom stereocenters. The van der Waals surface area contributed by atoms with Crippen molar-refractivity contribution in [3.8, 4) is 17.9 Å². The van der Waals surface area contributed by atoms with Crippen LogP contribution in [0.2, 0.25) is 0 Å². The number of nitriles is 1. The Hall–Kier alpha value is -2.30. The second-order valence-corrected chi connectivity index (χ2v) is 6.90. The highest BCUT2D eigenvalue weighted by atomic mass is 16.3. The lowest BCUT2D eigenvalue weighted by atomic mass is 9.73. The van der Waals surface area contributed by atoms with Crippen LogP contribution in [0.4, 0.5) is 0 Å². The number of likely N-dealkylation sites (tertiary alicyclic amines) is 1. The Morgan fingerprint density at radius 1 is 1.32 bits per heavy atom. The van der Waals surface area contributed by atoms with Gasteiger partial charge in [-0.2, -0.15) is 5.26 Å². The highest BCUT2D eigenvalue weighted by Gasteiger charge is 2.53. The molecule has 0 bridgehead atoms. The van der Waals surface area contributed by atoms with Gasteiger partial charge >= 0.3 is 0 Å². The first-order valence-corrected chi connectivity index (χ1v) is 9.12. The van der Waals surface area contributed by atoms with Crippen molar-refractivity contribution in [1.29, 1.82) is 5.26 Å². The molecule has 130 valence electrons. The second kappa shape index (κ2) is 7.72. The predicted octanol–water partition coefficient (Wildman–Crippen LogP) is 2.82. The summed E-state index contributed by atoms with van der Waals surface area (Å²) in [6.07, 6.45) is 4.81. The average Bonchev–Trinajstić information content (AvgIpc) is 2.55. The molecule has 4 nitrogen and oxygen atoms in total. The Kier molecular flexibility index (Phi) is 5.41. The molecule has 2 aliphatic rings. The van der Waals surface area contributed by atoms with E-state index in [-0.39, 0.29) is 30.4 Å². The lowest BCUT2D eigenvalue weighted by Gasteiger charge is -2.53. The Bertz CT molecular complexity index is 719. The first kappa shape index (κ1) is 17.5. The maximum atomic E-state index is 12.6. The minimum atomic E-state index is -0.484. The Morgan fingerprint density at radius 3 is 2.56 bits per heavy atom. The standard InChI is InChI=1S/C21H24N2O2/c1-2-3-4-6-15-9-11-16(12-10-15)20-18(13-22)23(19(20)14-24)21(25)17-7-5-8-17/h9-12,17-20,24H,2-3,5,7-8,14H2,1H3/t18-,19-,20-/m1/s1. The van der Waals surface area contributed by atoms with Crippen molar-refractivity contribution in [2.24, 2.45) is 5.92 Å². The summed E-state index contributed by atoms with van der Waals surface area (Å²) in [6.45, 7) is 1.99. The van der Waals surface area contributed by atoms with Crippen LogP contribution in [0.25, 0.3) is 0 Å². The summed E-state index contributed by atoms with van der Waals surface area (Å²) in [7, 11) is 0. The third-order valence-electron chi connectivity index (χ3n) is 5.34. The van der Waals surface area contributed by atoms with Crippen molar-refractivity contribution in [2.75, 3.05) is 6.61 Å². The minimum Gasteiger partial charge on any atom is -0.394 e. The number of carbonyl (C=O) groups excluding carboxylic acids is 1. The fourth-order valence-electron chi connectivity index (χ4n) is 3.65. The molecule has 1 amide bonds. The van der Waals surface area contributed by atoms with Gasteiger partial charge in [0.15, 0.2) is 0 Å². The fourth-order valence-corrected chi connectivity index (χ4v) is 3.65. The Morgan fingerprint density at radius 2 is 2.04 bits per heavy atom. The molecule has 1 aliphatic heterocycles. The molecule has 25 heavy (non-hydrogen) atoms. The molecule has 1 heterocycles. The van der Waals surface area contributed by atoms with E-state index >= 15 is 0 Å². The Balaban J connectivity index is 1.76. The number of carbonyl (C=O) groups is 1. The van der Waals surface area contributed by atoms with E-state index in [4.69, 9.17) is 0 Å². The van der Waals surface area contributed by atoms with Gasteiger partial charge < -0.3 is 10.0 Å². The number of unbranched alkanes of at least 4 members (excludes halogenated alkanes) is 1. The zero-order chi connectivity index (χ0) is 17.8. The minimum absolute atomic E-state index is 0.0372. The summed E-state index contributed by atoms with van der Waals surface area (Å²) in [4.78, 5) is 14.2. The van der Waals surface area contributed by atoms with E-state index < -0.39 is 6.04 Å². The van der Waals surface area contributed by atoms with Gasteiger partial charge in [0.05, 0.1) is 18.7 Å². The molecule has 2 fully saturated rings. The molecule has 0 spiro atoms. The number of hydrogen-bond donors (Lipinski definition) is 1. The van der Waals surface area contributed by atoms with Crippen LogP contribution >= 0.6 is 0 Å². The van der Waals surface area contributed by atoms with Gasteiger partial charge in [-0.05, 0) is 37.0 Å². The number of rotatable bonds is 4. The largest absolute Gasteiger partial charge is 0.394 e. The highest BCUT2D eigenvalue weighted by Crippen LogP contribution is 2.43. The average molecular weight is 336 g/mol. The molecule has 0 radical (unpaired) electrons. The quantitative estimate of drug-likeness (QED) is 0.860. The van der Waals surface area contributed by atoms with Crippen LogP contribution < -0.4 is 0 Å². The van der Waals surface area contributed by atoms with Crippen LogP contribution in [0.3, 0.4) is 0 Å². The van der Waals surface area contributed by atoms with Gasteiger partial charge in [0.25, 0.3) is 0 Å². The van der Waals surface area contributed by atoms with Crippen LogP contribution in [0.15, 0.2) is 24.3 Å². The lowest BCUT2D eigenvalue weighted by molar-refractivity contribution is -0.154. The lowest BCUT2D eigenvalue weighted by Crippen LogP contribution is -2.66. The third-order valence-corrected chi connectivity index (χ3v) is 5.34. The van der Waals surface area contributed by atoms with Crippen LogP contribution in [0.1, 0.15) is 56.1 Å². The maximum Gasteiger partial charge on any atom is 0.227 e. The van der Waals surface area contributed by atoms with Crippen molar-refractivity contribution >= 4 is 5.91 Å². The molecule has 1 aliphatic carbocycles. The highest BCUT2D eigenvalue weighted by molar-refractivity contribution is 5.82. The van der Waals surface area contributed by atoms with Crippen molar-refractivity contribution in [2.45, 2.75) is 57.0 Å². The summed E-state index contributed by atoms with van der Waals surface area (Å²) < 4.78 is 0. The summed E-state index contributed by atoms with van der Waals surface area (Å²) in [5.41, 5.74) is 1.94. The molecule has 1 aromatic carbocycles. The van der Waals surface area contributed by atoms with Gasteiger partial charge in [-0.1, -0.05) is 37.3 Å². The van der Waals surface area contributed by atoms with E-state index in [0.717, 1.165) is 43.2 Å². The molecule has 1 N–H and O–H groups in total. The zero-order valence-electron chi connectivity index (χ0n) is 14.6. The maximum absolute atomic E-state index is 12.6. The summed E-state index contributed by atoms with van der Waals surface area (Å²) in [5.74, 6) is 6.20. The zero-order valence-corrected chi connectivity index (χ0v) is 14.6. The van der Waals surface area contributed by atoms with Gasteiger partial charge in [-0.25, -0.2) is 0 Å². The molecule has 0 aromatic heterocycles. The second-order valence-electron chi connectivity index (χ2n) is 6.90. The van der Waals surface area contributed by atoms with E-state index in [9.17, 15) is 15.2 Å². The molecule has 1 saturated carbocycles.